The summed E-state index contributed by atoms with van der Waals surface area (Å²) in [6, 6.07) is 0. The van der Waals surface area contributed by atoms with Gasteiger partial charge in [0.1, 0.15) is 0 Å². The van der Waals surface area contributed by atoms with Crippen molar-refractivity contribution in [3.05, 3.63) is 0 Å². The van der Waals surface area contributed by atoms with Gasteiger partial charge in [0.05, 0.1) is 6.10 Å². The van der Waals surface area contributed by atoms with Gasteiger partial charge in [-0.25, -0.2) is 0 Å². The molecule has 0 saturated carbocycles. The lowest BCUT2D eigenvalue weighted by atomic mass is 10.0. The first-order valence-electron chi connectivity index (χ1n) is 6.07. The molecule has 0 amide bonds. The molecule has 0 spiro atoms. The molecule has 0 radical (unpaired) electrons. The minimum Gasteiger partial charge on any atom is -0.381 e. The first-order valence-corrected chi connectivity index (χ1v) is 7.19. The fourth-order valence-corrected chi connectivity index (χ4v) is 2.88. The normalized spacial score (nSPS) is 21.8. The highest BCUT2D eigenvalue weighted by Gasteiger charge is 2.18. The van der Waals surface area contributed by atoms with E-state index in [0.717, 1.165) is 11.2 Å². The third-order valence-electron chi connectivity index (χ3n) is 3.41. The van der Waals surface area contributed by atoms with Crippen LogP contribution in [0.25, 0.3) is 0 Å². The summed E-state index contributed by atoms with van der Waals surface area (Å²) >= 11 is 3.50. The van der Waals surface area contributed by atoms with Crippen molar-refractivity contribution in [3.8, 4) is 0 Å². The summed E-state index contributed by atoms with van der Waals surface area (Å²) in [6.07, 6.45) is 5.57. The minimum absolute atomic E-state index is 0.515. The van der Waals surface area contributed by atoms with Crippen LogP contribution in [0.3, 0.4) is 0 Å². The molecule has 1 aliphatic rings. The molecule has 0 aromatic rings. The second-order valence-electron chi connectivity index (χ2n) is 4.65. The molecule has 1 heterocycles. The lowest BCUT2D eigenvalue weighted by molar-refractivity contribution is 0.0398. The fourth-order valence-electron chi connectivity index (χ4n) is 2.10. The summed E-state index contributed by atoms with van der Waals surface area (Å²) in [4.78, 5) is 2.58. The van der Waals surface area contributed by atoms with Gasteiger partial charge in [-0.1, -0.05) is 22.9 Å². The highest BCUT2D eigenvalue weighted by Crippen LogP contribution is 2.15. The Labute approximate surface area is 102 Å². The maximum absolute atomic E-state index is 5.37. The van der Waals surface area contributed by atoms with Crippen molar-refractivity contribution in [2.45, 2.75) is 38.7 Å². The van der Waals surface area contributed by atoms with Crippen LogP contribution in [0, 0.1) is 5.92 Å². The molecule has 1 saturated heterocycles. The van der Waals surface area contributed by atoms with Crippen molar-refractivity contribution in [2.24, 2.45) is 5.92 Å². The van der Waals surface area contributed by atoms with E-state index in [0.29, 0.717) is 6.10 Å². The van der Waals surface area contributed by atoms with Crippen LogP contribution in [0.4, 0.5) is 0 Å². The molecule has 0 aromatic carbocycles. The zero-order valence-electron chi connectivity index (χ0n) is 10.0. The Morgan fingerprint density at radius 3 is 2.53 bits per heavy atom. The predicted octanol–water partition coefficient (Wildman–Crippen LogP) is 2.91. The Balaban J connectivity index is 2.08. The molecular formula is C12H24BrNO. The van der Waals surface area contributed by atoms with Gasteiger partial charge in [0, 0.05) is 25.5 Å². The predicted molar refractivity (Wildman–Crippen MR) is 68.7 cm³/mol. The molecule has 1 atom stereocenters. The monoisotopic (exact) mass is 277 g/mol. The zero-order chi connectivity index (χ0) is 11.1. The molecule has 0 aromatic heterocycles. The lowest BCUT2D eigenvalue weighted by Gasteiger charge is -2.31. The van der Waals surface area contributed by atoms with Gasteiger partial charge in [-0.05, 0) is 38.1 Å². The first-order chi connectivity index (χ1) is 7.26. The van der Waals surface area contributed by atoms with Crippen LogP contribution in [-0.2, 0) is 4.74 Å². The number of halogens is 1. The second-order valence-corrected chi connectivity index (χ2v) is 5.44. The van der Waals surface area contributed by atoms with Gasteiger partial charge in [-0.2, -0.15) is 0 Å². The van der Waals surface area contributed by atoms with Crippen LogP contribution in [0.5, 0.6) is 0 Å². The Morgan fingerprint density at radius 1 is 1.33 bits per heavy atom. The minimum atomic E-state index is 0.515. The van der Waals surface area contributed by atoms with Crippen molar-refractivity contribution in [1.29, 1.82) is 0 Å². The molecule has 3 heteroatoms. The number of hydrogen-bond donors (Lipinski definition) is 0. The van der Waals surface area contributed by atoms with Gasteiger partial charge in [0.2, 0.25) is 0 Å². The molecule has 1 aliphatic heterocycles. The largest absolute Gasteiger partial charge is 0.381 e. The molecule has 0 N–H and O–H groups in total. The summed E-state index contributed by atoms with van der Waals surface area (Å²) in [6.45, 7) is 6.06. The summed E-state index contributed by atoms with van der Waals surface area (Å²) < 4.78 is 5.37. The first kappa shape index (κ1) is 13.5. The molecule has 0 bridgehead atoms. The van der Waals surface area contributed by atoms with Crippen molar-refractivity contribution in [2.75, 3.05) is 32.1 Å². The molecule has 1 rings (SSSR count). The van der Waals surface area contributed by atoms with Crippen LogP contribution >= 0.6 is 15.9 Å². The van der Waals surface area contributed by atoms with E-state index >= 15 is 0 Å². The number of methoxy groups -OCH3 is 1. The van der Waals surface area contributed by atoms with Gasteiger partial charge in [0.25, 0.3) is 0 Å². The van der Waals surface area contributed by atoms with E-state index in [4.69, 9.17) is 4.74 Å². The second kappa shape index (κ2) is 7.64. The number of hydrogen-bond acceptors (Lipinski definition) is 2. The highest BCUT2D eigenvalue weighted by molar-refractivity contribution is 9.09. The van der Waals surface area contributed by atoms with Gasteiger partial charge >= 0.3 is 0 Å². The fraction of sp³-hybridized carbons (Fsp3) is 1.00. The Kier molecular flexibility index (Phi) is 6.86. The molecule has 1 fully saturated rings. The number of rotatable bonds is 6. The molecule has 0 aliphatic carbocycles. The van der Waals surface area contributed by atoms with Crippen molar-refractivity contribution in [1.82, 2.24) is 4.90 Å². The van der Waals surface area contributed by atoms with Crippen molar-refractivity contribution < 1.29 is 4.74 Å². The Bertz CT molecular complexity index is 158. The standard InChI is InChI=1S/C12H24BrNO/c1-11(3-7-13)4-8-14-9-5-12(15-2)6-10-14/h11-12H,3-10H2,1-2H3. The topological polar surface area (TPSA) is 12.5 Å². The summed E-state index contributed by atoms with van der Waals surface area (Å²) in [5, 5.41) is 1.14. The van der Waals surface area contributed by atoms with E-state index in [9.17, 15) is 0 Å². The molecule has 15 heavy (non-hydrogen) atoms. The quantitative estimate of drug-likeness (QED) is 0.693. The average molecular weight is 278 g/mol. The van der Waals surface area contributed by atoms with Gasteiger partial charge in [-0.3, -0.25) is 0 Å². The van der Waals surface area contributed by atoms with Crippen LogP contribution in [0.1, 0.15) is 32.6 Å². The van der Waals surface area contributed by atoms with Gasteiger partial charge in [0.15, 0.2) is 0 Å². The number of alkyl halides is 1. The van der Waals surface area contributed by atoms with Crippen LogP contribution in [0.2, 0.25) is 0 Å². The number of likely N-dealkylation sites (tertiary alicyclic amines) is 1. The smallest absolute Gasteiger partial charge is 0.0595 e. The maximum Gasteiger partial charge on any atom is 0.0595 e. The summed E-state index contributed by atoms with van der Waals surface area (Å²) in [7, 11) is 1.83. The Morgan fingerprint density at radius 2 is 2.00 bits per heavy atom. The summed E-state index contributed by atoms with van der Waals surface area (Å²) in [5.74, 6) is 0.851. The SMILES string of the molecule is COC1CCN(CCC(C)CCBr)CC1. The zero-order valence-corrected chi connectivity index (χ0v) is 11.6. The van der Waals surface area contributed by atoms with E-state index in [1.54, 1.807) is 0 Å². The van der Waals surface area contributed by atoms with Gasteiger partial charge in [-0.15, -0.1) is 0 Å². The van der Waals surface area contributed by atoms with E-state index in [1.807, 2.05) is 7.11 Å². The molecular weight excluding hydrogens is 254 g/mol. The third kappa shape index (κ3) is 5.32. The highest BCUT2D eigenvalue weighted by atomic mass is 79.9. The third-order valence-corrected chi connectivity index (χ3v) is 3.87. The number of piperidine rings is 1. The average Bonchev–Trinajstić information content (AvgIpc) is 2.27. The summed E-state index contributed by atoms with van der Waals surface area (Å²) in [5.41, 5.74) is 0. The van der Waals surface area contributed by atoms with E-state index in [-0.39, 0.29) is 0 Å². The van der Waals surface area contributed by atoms with E-state index in [1.165, 1.54) is 45.3 Å². The van der Waals surface area contributed by atoms with Gasteiger partial charge < -0.3 is 9.64 Å². The molecule has 90 valence electrons. The number of ether oxygens (including phenoxy) is 1. The van der Waals surface area contributed by atoms with E-state index in [2.05, 4.69) is 27.8 Å². The van der Waals surface area contributed by atoms with Crippen LogP contribution in [-0.4, -0.2) is 43.1 Å². The molecule has 2 nitrogen and oxygen atoms in total. The van der Waals surface area contributed by atoms with E-state index < -0.39 is 0 Å². The maximum atomic E-state index is 5.37. The van der Waals surface area contributed by atoms with Crippen molar-refractivity contribution >= 4 is 15.9 Å². The van der Waals surface area contributed by atoms with Crippen LogP contribution in [0.15, 0.2) is 0 Å². The lowest BCUT2D eigenvalue weighted by Crippen LogP contribution is -2.37. The van der Waals surface area contributed by atoms with Crippen molar-refractivity contribution in [3.63, 3.8) is 0 Å². The number of nitrogens with zero attached hydrogens (tertiary/aromatic N) is 1. The molecule has 1 unspecified atom stereocenters. The Hall–Kier alpha value is 0.400. The van der Waals surface area contributed by atoms with Crippen LogP contribution < -0.4 is 0 Å².